The van der Waals surface area contributed by atoms with Crippen molar-refractivity contribution in [3.05, 3.63) is 12.7 Å². The highest BCUT2D eigenvalue weighted by Gasteiger charge is 2.41. The minimum Gasteiger partial charge on any atom is -0.306 e. The Labute approximate surface area is 59.8 Å². The van der Waals surface area contributed by atoms with Gasteiger partial charge < -0.3 is 5.43 Å². The predicted octanol–water partition coefficient (Wildman–Crippen LogP) is 1.25. The zero-order chi connectivity index (χ0) is 7.45. The minimum absolute atomic E-state index is 0.590. The third-order valence-corrected chi connectivity index (χ3v) is 1.35. The van der Waals surface area contributed by atoms with Crippen molar-refractivity contribution < 1.29 is 4.39 Å². The summed E-state index contributed by atoms with van der Waals surface area (Å²) in [5, 5.41) is 3.67. The van der Waals surface area contributed by atoms with E-state index in [-0.39, 0.29) is 0 Å². The number of hydrazone groups is 1. The fraction of sp³-hybridized carbons (Fsp3) is 0.571. The molecule has 1 aliphatic carbocycles. The van der Waals surface area contributed by atoms with Crippen LogP contribution in [-0.4, -0.2) is 18.4 Å². The van der Waals surface area contributed by atoms with Crippen molar-refractivity contribution in [2.45, 2.75) is 18.5 Å². The van der Waals surface area contributed by atoms with Crippen molar-refractivity contribution in [1.82, 2.24) is 5.43 Å². The van der Waals surface area contributed by atoms with Crippen molar-refractivity contribution in [3.8, 4) is 0 Å². The molecule has 0 unspecified atom stereocenters. The van der Waals surface area contributed by atoms with Gasteiger partial charge in [0.25, 0.3) is 0 Å². The summed E-state index contributed by atoms with van der Waals surface area (Å²) in [5.41, 5.74) is 1.55. The molecule has 0 atom stereocenters. The van der Waals surface area contributed by atoms with E-state index < -0.39 is 5.67 Å². The second kappa shape index (κ2) is 2.82. The normalized spacial score (nSPS) is 20.9. The molecule has 3 heteroatoms. The molecule has 1 aliphatic rings. The van der Waals surface area contributed by atoms with Crippen LogP contribution in [0.5, 0.6) is 0 Å². The highest BCUT2D eigenvalue weighted by atomic mass is 19.1. The summed E-state index contributed by atoms with van der Waals surface area (Å²) in [5.74, 6) is 0. The van der Waals surface area contributed by atoms with Crippen molar-refractivity contribution in [2.24, 2.45) is 5.10 Å². The summed E-state index contributed by atoms with van der Waals surface area (Å²) in [6.45, 7) is 4.07. The van der Waals surface area contributed by atoms with Gasteiger partial charge in [-0.15, -0.1) is 6.58 Å². The molecule has 0 aliphatic heterocycles. The molecule has 0 aromatic heterocycles. The summed E-state index contributed by atoms with van der Waals surface area (Å²) in [4.78, 5) is 0. The van der Waals surface area contributed by atoms with E-state index in [4.69, 9.17) is 0 Å². The molecule has 1 N–H and O–H groups in total. The number of hydrogen-bond donors (Lipinski definition) is 1. The number of halogens is 1. The van der Waals surface area contributed by atoms with Gasteiger partial charge in [0.15, 0.2) is 0 Å². The van der Waals surface area contributed by atoms with E-state index >= 15 is 0 Å². The Morgan fingerprint density at radius 3 is 2.90 bits per heavy atom. The average molecular weight is 142 g/mol. The van der Waals surface area contributed by atoms with Crippen LogP contribution < -0.4 is 5.43 Å². The van der Waals surface area contributed by atoms with Gasteiger partial charge in [-0.1, -0.05) is 6.08 Å². The predicted molar refractivity (Wildman–Crippen MR) is 39.8 cm³/mol. The number of rotatable bonds is 4. The molecule has 0 heterocycles. The van der Waals surface area contributed by atoms with Crippen LogP contribution >= 0.6 is 0 Å². The number of hydrogen-bond acceptors (Lipinski definition) is 2. The molecule has 0 aromatic carbocycles. The van der Waals surface area contributed by atoms with Gasteiger partial charge >= 0.3 is 0 Å². The maximum absolute atomic E-state index is 12.7. The SMILES string of the molecule is C=CCN/N=C/C1(F)CC1. The van der Waals surface area contributed by atoms with E-state index in [0.717, 1.165) is 0 Å². The number of nitrogens with zero attached hydrogens (tertiary/aromatic N) is 1. The first-order valence-electron chi connectivity index (χ1n) is 3.34. The van der Waals surface area contributed by atoms with Crippen LogP contribution in [0.25, 0.3) is 0 Å². The Morgan fingerprint density at radius 1 is 1.70 bits per heavy atom. The number of alkyl halides is 1. The van der Waals surface area contributed by atoms with Crippen molar-refractivity contribution in [3.63, 3.8) is 0 Å². The van der Waals surface area contributed by atoms with Gasteiger partial charge in [0.1, 0.15) is 5.67 Å². The smallest absolute Gasteiger partial charge is 0.147 e. The van der Waals surface area contributed by atoms with E-state index in [0.29, 0.717) is 19.4 Å². The standard InChI is InChI=1S/C7H11FN2/c1-2-5-9-10-6-7(8)3-4-7/h2,6,9H,1,3-5H2/b10-6+. The maximum atomic E-state index is 12.7. The lowest BCUT2D eigenvalue weighted by molar-refractivity contribution is 0.412. The van der Waals surface area contributed by atoms with Crippen LogP contribution in [0, 0.1) is 0 Å². The van der Waals surface area contributed by atoms with Crippen molar-refractivity contribution in [1.29, 1.82) is 0 Å². The second-order valence-electron chi connectivity index (χ2n) is 2.44. The molecular weight excluding hydrogens is 131 g/mol. The minimum atomic E-state index is -1.09. The Kier molecular flexibility index (Phi) is 2.04. The quantitative estimate of drug-likeness (QED) is 0.271. The monoisotopic (exact) mass is 142 g/mol. The van der Waals surface area contributed by atoms with E-state index in [9.17, 15) is 4.39 Å². The lowest BCUT2D eigenvalue weighted by Crippen LogP contribution is -2.09. The summed E-state index contributed by atoms with van der Waals surface area (Å²) >= 11 is 0. The molecule has 0 radical (unpaired) electrons. The molecule has 2 nitrogen and oxygen atoms in total. The molecule has 1 rings (SSSR count). The van der Waals surface area contributed by atoms with Gasteiger partial charge in [0.05, 0.1) is 12.8 Å². The Balaban J connectivity index is 2.11. The third kappa shape index (κ3) is 2.17. The molecule has 0 bridgehead atoms. The Morgan fingerprint density at radius 2 is 2.40 bits per heavy atom. The molecule has 0 saturated heterocycles. The second-order valence-corrected chi connectivity index (χ2v) is 2.44. The fourth-order valence-electron chi connectivity index (χ4n) is 0.527. The molecule has 1 fully saturated rings. The Bertz CT molecular complexity index is 150. The van der Waals surface area contributed by atoms with Gasteiger partial charge in [0.2, 0.25) is 0 Å². The van der Waals surface area contributed by atoms with Crippen LogP contribution in [0.3, 0.4) is 0 Å². The first-order valence-corrected chi connectivity index (χ1v) is 3.34. The summed E-state index contributed by atoms with van der Waals surface area (Å²) in [6, 6.07) is 0. The van der Waals surface area contributed by atoms with Gasteiger partial charge in [-0.2, -0.15) is 5.10 Å². The first kappa shape index (κ1) is 7.25. The molecule has 1 saturated carbocycles. The summed E-state index contributed by atoms with van der Waals surface area (Å²) in [7, 11) is 0. The Hall–Kier alpha value is -0.860. The van der Waals surface area contributed by atoms with E-state index in [1.807, 2.05) is 0 Å². The van der Waals surface area contributed by atoms with E-state index in [1.54, 1.807) is 6.08 Å². The van der Waals surface area contributed by atoms with Gasteiger partial charge in [-0.25, -0.2) is 4.39 Å². The summed E-state index contributed by atoms with van der Waals surface area (Å²) in [6.07, 6.45) is 4.24. The maximum Gasteiger partial charge on any atom is 0.147 e. The van der Waals surface area contributed by atoms with Crippen LogP contribution in [0.2, 0.25) is 0 Å². The van der Waals surface area contributed by atoms with Crippen molar-refractivity contribution in [2.75, 3.05) is 6.54 Å². The van der Waals surface area contributed by atoms with Crippen LogP contribution in [0.15, 0.2) is 17.8 Å². The zero-order valence-electron chi connectivity index (χ0n) is 5.81. The van der Waals surface area contributed by atoms with E-state index in [1.165, 1.54) is 6.21 Å². The fourth-order valence-corrected chi connectivity index (χ4v) is 0.527. The van der Waals surface area contributed by atoms with E-state index in [2.05, 4.69) is 17.1 Å². The van der Waals surface area contributed by atoms with Gasteiger partial charge in [0, 0.05) is 0 Å². The lowest BCUT2D eigenvalue weighted by atomic mass is 10.4. The molecule has 0 spiro atoms. The van der Waals surface area contributed by atoms with Gasteiger partial charge in [-0.3, -0.25) is 0 Å². The topological polar surface area (TPSA) is 24.4 Å². The van der Waals surface area contributed by atoms with Gasteiger partial charge in [-0.05, 0) is 12.8 Å². The number of nitrogens with one attached hydrogen (secondary N) is 1. The molecule has 0 amide bonds. The molecular formula is C7H11FN2. The van der Waals surface area contributed by atoms with Crippen LogP contribution in [0.4, 0.5) is 4.39 Å². The molecule has 10 heavy (non-hydrogen) atoms. The largest absolute Gasteiger partial charge is 0.306 e. The average Bonchev–Trinajstić information content (AvgIpc) is 2.62. The highest BCUT2D eigenvalue weighted by Crippen LogP contribution is 2.37. The van der Waals surface area contributed by atoms with Crippen molar-refractivity contribution >= 4 is 6.21 Å². The summed E-state index contributed by atoms with van der Waals surface area (Å²) < 4.78 is 12.7. The molecule has 56 valence electrons. The zero-order valence-corrected chi connectivity index (χ0v) is 5.81. The first-order chi connectivity index (χ1) is 4.77. The molecule has 0 aromatic rings. The van der Waals surface area contributed by atoms with Crippen LogP contribution in [-0.2, 0) is 0 Å². The highest BCUT2D eigenvalue weighted by molar-refractivity contribution is 5.71. The third-order valence-electron chi connectivity index (χ3n) is 1.35. The van der Waals surface area contributed by atoms with Crippen LogP contribution in [0.1, 0.15) is 12.8 Å². The lowest BCUT2D eigenvalue weighted by Gasteiger charge is -1.94.